The van der Waals surface area contributed by atoms with E-state index in [0.717, 1.165) is 12.1 Å². The second-order valence-electron chi connectivity index (χ2n) is 5.40. The quantitative estimate of drug-likeness (QED) is 0.823. The molecule has 1 nitrogen and oxygen atoms in total. The maximum Gasteiger partial charge on any atom is 0.123 e. The summed E-state index contributed by atoms with van der Waals surface area (Å²) in [5.41, 5.74) is 1.07. The molecule has 1 fully saturated rings. The van der Waals surface area contributed by atoms with Crippen LogP contribution in [0.15, 0.2) is 24.3 Å². The Labute approximate surface area is 97.1 Å². The summed E-state index contributed by atoms with van der Waals surface area (Å²) in [7, 11) is 0. The Balaban J connectivity index is 1.99. The van der Waals surface area contributed by atoms with Crippen LogP contribution >= 0.6 is 0 Å². The van der Waals surface area contributed by atoms with Crippen LogP contribution < -0.4 is 5.32 Å². The number of rotatable bonds is 4. The lowest BCUT2D eigenvalue weighted by Gasteiger charge is -2.32. The topological polar surface area (TPSA) is 12.0 Å². The summed E-state index contributed by atoms with van der Waals surface area (Å²) >= 11 is 0. The molecule has 16 heavy (non-hydrogen) atoms. The van der Waals surface area contributed by atoms with Gasteiger partial charge >= 0.3 is 0 Å². The van der Waals surface area contributed by atoms with Gasteiger partial charge in [0.25, 0.3) is 0 Å². The molecule has 1 N–H and O–H groups in total. The van der Waals surface area contributed by atoms with Crippen LogP contribution in [0.2, 0.25) is 0 Å². The second kappa shape index (κ2) is 4.54. The van der Waals surface area contributed by atoms with Gasteiger partial charge in [-0.2, -0.15) is 0 Å². The Morgan fingerprint density at radius 3 is 2.69 bits per heavy atom. The summed E-state index contributed by atoms with van der Waals surface area (Å²) < 4.78 is 13.2. The van der Waals surface area contributed by atoms with Crippen molar-refractivity contribution in [3.8, 4) is 0 Å². The molecule has 0 atom stereocenters. The second-order valence-corrected chi connectivity index (χ2v) is 5.40. The maximum absolute atomic E-state index is 13.2. The van der Waals surface area contributed by atoms with Gasteiger partial charge in [0.15, 0.2) is 0 Å². The van der Waals surface area contributed by atoms with Gasteiger partial charge in [-0.25, -0.2) is 4.39 Å². The molecule has 0 aromatic heterocycles. The van der Waals surface area contributed by atoms with Crippen molar-refractivity contribution in [1.82, 2.24) is 5.32 Å². The van der Waals surface area contributed by atoms with Gasteiger partial charge in [-0.1, -0.05) is 32.4 Å². The molecule has 0 bridgehead atoms. The van der Waals surface area contributed by atoms with Crippen molar-refractivity contribution >= 4 is 0 Å². The van der Waals surface area contributed by atoms with Gasteiger partial charge in [0, 0.05) is 18.0 Å². The lowest BCUT2D eigenvalue weighted by Crippen LogP contribution is -2.42. The Hall–Kier alpha value is -0.890. The molecule has 1 aromatic carbocycles. The van der Waals surface area contributed by atoms with Crippen LogP contribution in [0.1, 0.15) is 38.7 Å². The van der Waals surface area contributed by atoms with Crippen molar-refractivity contribution in [2.45, 2.75) is 44.6 Å². The molecule has 0 aliphatic heterocycles. The highest BCUT2D eigenvalue weighted by Crippen LogP contribution is 2.25. The van der Waals surface area contributed by atoms with E-state index in [9.17, 15) is 4.39 Å². The van der Waals surface area contributed by atoms with E-state index in [1.807, 2.05) is 6.07 Å². The molecule has 1 aliphatic rings. The molecule has 0 unspecified atom stereocenters. The summed E-state index contributed by atoms with van der Waals surface area (Å²) in [6, 6.07) is 7.62. The molecule has 1 aromatic rings. The minimum atomic E-state index is -0.144. The number of benzene rings is 1. The molecule has 0 radical (unpaired) electrons. The lowest BCUT2D eigenvalue weighted by atomic mass is 9.83. The van der Waals surface area contributed by atoms with E-state index < -0.39 is 0 Å². The first kappa shape index (κ1) is 11.6. The highest BCUT2D eigenvalue weighted by atomic mass is 19.1. The minimum Gasteiger partial charge on any atom is -0.313 e. The van der Waals surface area contributed by atoms with Gasteiger partial charge < -0.3 is 5.32 Å². The number of nitrogens with one attached hydrogen (secondary N) is 1. The molecular formula is C14H20FN. The molecule has 1 aliphatic carbocycles. The largest absolute Gasteiger partial charge is 0.313 e. The summed E-state index contributed by atoms with van der Waals surface area (Å²) in [6.07, 6.45) is 3.93. The molecule has 88 valence electrons. The van der Waals surface area contributed by atoms with Crippen LogP contribution in [0.5, 0.6) is 0 Å². The number of halogens is 1. The predicted molar refractivity (Wildman–Crippen MR) is 65.1 cm³/mol. The molecule has 2 rings (SSSR count). The van der Waals surface area contributed by atoms with Crippen molar-refractivity contribution in [2.75, 3.05) is 6.54 Å². The van der Waals surface area contributed by atoms with Crippen molar-refractivity contribution in [3.63, 3.8) is 0 Å². The Morgan fingerprint density at radius 1 is 1.38 bits per heavy atom. The zero-order chi connectivity index (χ0) is 11.6. The van der Waals surface area contributed by atoms with Gasteiger partial charge in [-0.05, 0) is 30.5 Å². The third-order valence-electron chi connectivity index (χ3n) is 3.54. The molecule has 0 amide bonds. The van der Waals surface area contributed by atoms with Gasteiger partial charge in [0.05, 0.1) is 0 Å². The van der Waals surface area contributed by atoms with Gasteiger partial charge in [-0.3, -0.25) is 0 Å². The van der Waals surface area contributed by atoms with E-state index in [2.05, 4.69) is 19.2 Å². The molecule has 2 heteroatoms. The fraction of sp³-hybridized carbons (Fsp3) is 0.571. The molecule has 1 saturated carbocycles. The van der Waals surface area contributed by atoms with Crippen molar-refractivity contribution < 1.29 is 4.39 Å². The van der Waals surface area contributed by atoms with Crippen molar-refractivity contribution in [3.05, 3.63) is 35.6 Å². The summed E-state index contributed by atoms with van der Waals surface area (Å²) in [5, 5.41) is 3.55. The third kappa shape index (κ3) is 2.62. The van der Waals surface area contributed by atoms with Crippen LogP contribution in [0.3, 0.4) is 0 Å². The fourth-order valence-corrected chi connectivity index (χ4v) is 2.02. The Morgan fingerprint density at radius 2 is 2.12 bits per heavy atom. The summed E-state index contributed by atoms with van der Waals surface area (Å²) in [4.78, 5) is 0. The lowest BCUT2D eigenvalue weighted by molar-refractivity contribution is 0.311. The first-order valence-electron chi connectivity index (χ1n) is 6.07. The van der Waals surface area contributed by atoms with Crippen molar-refractivity contribution in [1.29, 1.82) is 0 Å². The number of hydrogen-bond donors (Lipinski definition) is 1. The molecule has 0 spiro atoms. The normalized spacial score (nSPS) is 17.2. The van der Waals surface area contributed by atoms with Crippen LogP contribution in [0.25, 0.3) is 0 Å². The average molecular weight is 221 g/mol. The average Bonchev–Trinajstić information content (AvgIpc) is 2.15. The van der Waals surface area contributed by atoms with E-state index in [0.29, 0.717) is 6.04 Å². The Kier molecular flexibility index (Phi) is 3.29. The monoisotopic (exact) mass is 221 g/mol. The van der Waals surface area contributed by atoms with E-state index >= 15 is 0 Å². The molecular weight excluding hydrogens is 201 g/mol. The SMILES string of the molecule is CC(C)(CNC1CCC1)c1cccc(F)c1. The zero-order valence-corrected chi connectivity index (χ0v) is 10.1. The van der Waals surface area contributed by atoms with Crippen LogP contribution in [-0.2, 0) is 5.41 Å². The summed E-state index contributed by atoms with van der Waals surface area (Å²) in [6.45, 7) is 5.24. The van der Waals surface area contributed by atoms with E-state index in [1.54, 1.807) is 12.1 Å². The Bertz CT molecular complexity index is 356. The minimum absolute atomic E-state index is 0.00229. The van der Waals surface area contributed by atoms with Gasteiger partial charge in [0.1, 0.15) is 5.82 Å². The van der Waals surface area contributed by atoms with E-state index in [4.69, 9.17) is 0 Å². The third-order valence-corrected chi connectivity index (χ3v) is 3.54. The zero-order valence-electron chi connectivity index (χ0n) is 10.1. The smallest absolute Gasteiger partial charge is 0.123 e. The first-order chi connectivity index (χ1) is 7.58. The van der Waals surface area contributed by atoms with E-state index in [-0.39, 0.29) is 11.2 Å². The highest BCUT2D eigenvalue weighted by molar-refractivity contribution is 5.24. The van der Waals surface area contributed by atoms with Gasteiger partial charge in [-0.15, -0.1) is 0 Å². The van der Waals surface area contributed by atoms with E-state index in [1.165, 1.54) is 25.3 Å². The van der Waals surface area contributed by atoms with Crippen LogP contribution in [0, 0.1) is 5.82 Å². The standard InChI is InChI=1S/C14H20FN/c1-14(2,10-16-13-7-4-8-13)11-5-3-6-12(15)9-11/h3,5-6,9,13,16H,4,7-8,10H2,1-2H3. The maximum atomic E-state index is 13.2. The number of hydrogen-bond acceptors (Lipinski definition) is 1. The fourth-order valence-electron chi connectivity index (χ4n) is 2.02. The van der Waals surface area contributed by atoms with Crippen LogP contribution in [0.4, 0.5) is 4.39 Å². The molecule has 0 saturated heterocycles. The first-order valence-corrected chi connectivity index (χ1v) is 6.07. The predicted octanol–water partition coefficient (Wildman–Crippen LogP) is 3.25. The van der Waals surface area contributed by atoms with Crippen LogP contribution in [-0.4, -0.2) is 12.6 Å². The van der Waals surface area contributed by atoms with Gasteiger partial charge in [0.2, 0.25) is 0 Å². The molecule has 0 heterocycles. The van der Waals surface area contributed by atoms with Crippen molar-refractivity contribution in [2.24, 2.45) is 0 Å². The summed E-state index contributed by atoms with van der Waals surface area (Å²) in [5.74, 6) is -0.144. The highest BCUT2D eigenvalue weighted by Gasteiger charge is 2.24.